The summed E-state index contributed by atoms with van der Waals surface area (Å²) in [7, 11) is -3.93. The predicted molar refractivity (Wildman–Crippen MR) is 132 cm³/mol. The second kappa shape index (κ2) is 12.2. The van der Waals surface area contributed by atoms with E-state index in [9.17, 15) is 18.0 Å². The largest absolute Gasteiger partial charge is 0.492 e. The van der Waals surface area contributed by atoms with Crippen LogP contribution in [0.1, 0.15) is 55.8 Å². The van der Waals surface area contributed by atoms with Crippen LogP contribution >= 0.6 is 15.9 Å². The van der Waals surface area contributed by atoms with Crippen LogP contribution in [0.15, 0.2) is 51.8 Å². The molecule has 0 saturated heterocycles. The highest BCUT2D eigenvalue weighted by Crippen LogP contribution is 2.29. The van der Waals surface area contributed by atoms with E-state index in [1.165, 1.54) is 43.2 Å². The zero-order valence-corrected chi connectivity index (χ0v) is 21.4. The van der Waals surface area contributed by atoms with Gasteiger partial charge in [-0.15, -0.1) is 0 Å². The van der Waals surface area contributed by atoms with Gasteiger partial charge in [0.05, 0.1) is 12.2 Å². The summed E-state index contributed by atoms with van der Waals surface area (Å²) < 4.78 is 39.4. The average Bonchev–Trinajstić information content (AvgIpc) is 3.07. The monoisotopic (exact) mass is 552 g/mol. The molecule has 0 spiro atoms. The number of rotatable bonds is 9. The van der Waals surface area contributed by atoms with Crippen LogP contribution in [-0.2, 0) is 19.6 Å². The molecule has 0 bridgehead atoms. The number of halogens is 1. The number of hydrogen-bond donors (Lipinski definition) is 2. The highest BCUT2D eigenvalue weighted by molar-refractivity contribution is 9.10. The van der Waals surface area contributed by atoms with Gasteiger partial charge in [-0.05, 0) is 62.2 Å². The van der Waals surface area contributed by atoms with Gasteiger partial charge in [0, 0.05) is 16.2 Å². The van der Waals surface area contributed by atoms with Crippen molar-refractivity contribution in [2.24, 2.45) is 0 Å². The fourth-order valence-electron chi connectivity index (χ4n) is 3.76. The quantitative estimate of drug-likeness (QED) is 0.346. The zero-order valence-electron chi connectivity index (χ0n) is 19.0. The van der Waals surface area contributed by atoms with Crippen molar-refractivity contribution in [2.45, 2.75) is 56.4 Å². The topological polar surface area (TPSA) is 111 Å². The van der Waals surface area contributed by atoms with Crippen LogP contribution in [0.4, 0.5) is 5.69 Å². The number of carbonyl (C=O) groups is 2. The van der Waals surface area contributed by atoms with Crippen LogP contribution in [0.2, 0.25) is 0 Å². The van der Waals surface area contributed by atoms with Crippen LogP contribution in [0, 0.1) is 0 Å². The highest BCUT2D eigenvalue weighted by atomic mass is 79.9. The molecular formula is C24H29BrN2O6S. The van der Waals surface area contributed by atoms with Gasteiger partial charge < -0.3 is 14.8 Å². The number of anilines is 1. The number of nitrogens with one attached hydrogen (secondary N) is 2. The average molecular weight is 553 g/mol. The third-order valence-corrected chi connectivity index (χ3v) is 7.32. The Hall–Kier alpha value is -2.59. The molecule has 2 aromatic rings. The Bertz CT molecular complexity index is 1100. The fraction of sp³-hybridized carbons (Fsp3) is 0.417. The van der Waals surface area contributed by atoms with E-state index in [0.717, 1.165) is 25.7 Å². The van der Waals surface area contributed by atoms with E-state index in [4.69, 9.17) is 9.47 Å². The van der Waals surface area contributed by atoms with Crippen molar-refractivity contribution >= 4 is 43.5 Å². The predicted octanol–water partition coefficient (Wildman–Crippen LogP) is 4.64. The molecule has 0 aromatic heterocycles. The lowest BCUT2D eigenvalue weighted by atomic mass is 10.1. The van der Waals surface area contributed by atoms with E-state index in [2.05, 4.69) is 26.0 Å². The van der Waals surface area contributed by atoms with Crippen LogP contribution < -0.4 is 14.8 Å². The molecule has 1 aliphatic rings. The third-order valence-electron chi connectivity index (χ3n) is 5.42. The minimum atomic E-state index is -3.93. The van der Waals surface area contributed by atoms with E-state index < -0.39 is 16.0 Å². The van der Waals surface area contributed by atoms with Gasteiger partial charge in [-0.25, -0.2) is 13.2 Å². The Balaban J connectivity index is 1.57. The molecule has 34 heavy (non-hydrogen) atoms. The molecule has 0 atom stereocenters. The number of esters is 1. The van der Waals surface area contributed by atoms with Crippen LogP contribution in [0.5, 0.6) is 5.75 Å². The minimum Gasteiger partial charge on any atom is -0.492 e. The van der Waals surface area contributed by atoms with Gasteiger partial charge in [-0.2, -0.15) is 0 Å². The maximum absolute atomic E-state index is 12.9. The number of hydrogen-bond acceptors (Lipinski definition) is 6. The molecule has 2 N–H and O–H groups in total. The molecule has 0 unspecified atom stereocenters. The highest BCUT2D eigenvalue weighted by Gasteiger charge is 2.21. The van der Waals surface area contributed by atoms with Gasteiger partial charge in [0.2, 0.25) is 0 Å². The van der Waals surface area contributed by atoms with Crippen LogP contribution in [0.3, 0.4) is 0 Å². The van der Waals surface area contributed by atoms with Crippen molar-refractivity contribution in [1.82, 2.24) is 5.32 Å². The van der Waals surface area contributed by atoms with Crippen molar-refractivity contribution < 1.29 is 27.5 Å². The zero-order chi connectivity index (χ0) is 24.6. The normalized spacial score (nSPS) is 14.6. The molecule has 10 heteroatoms. The summed E-state index contributed by atoms with van der Waals surface area (Å²) in [6.07, 6.45) is 6.45. The Kier molecular flexibility index (Phi) is 9.35. The van der Waals surface area contributed by atoms with Gasteiger partial charge in [0.1, 0.15) is 10.6 Å². The number of amides is 1. The summed E-state index contributed by atoms with van der Waals surface area (Å²) in [5.41, 5.74) is 0.479. The fourth-order valence-corrected chi connectivity index (χ4v) is 5.50. The lowest BCUT2D eigenvalue weighted by molar-refractivity contribution is -0.125. The Morgan fingerprint density at radius 3 is 2.35 bits per heavy atom. The minimum absolute atomic E-state index is 0.00751. The van der Waals surface area contributed by atoms with Crippen LogP contribution in [-0.4, -0.2) is 39.5 Å². The van der Waals surface area contributed by atoms with E-state index in [0.29, 0.717) is 11.1 Å². The summed E-state index contributed by atoms with van der Waals surface area (Å²) in [6, 6.07) is 10.7. The first-order valence-electron chi connectivity index (χ1n) is 11.3. The maximum Gasteiger partial charge on any atom is 0.338 e. The van der Waals surface area contributed by atoms with Crippen molar-refractivity contribution in [3.05, 3.63) is 52.5 Å². The van der Waals surface area contributed by atoms with E-state index in [1.54, 1.807) is 19.1 Å². The summed E-state index contributed by atoms with van der Waals surface area (Å²) in [6.45, 7) is 1.73. The molecule has 1 saturated carbocycles. The van der Waals surface area contributed by atoms with E-state index >= 15 is 0 Å². The molecular weight excluding hydrogens is 524 g/mol. The molecule has 1 fully saturated rings. The van der Waals surface area contributed by atoms with Crippen molar-refractivity contribution in [1.29, 1.82) is 0 Å². The molecule has 184 valence electrons. The SMILES string of the molecule is CCOc1ccc(Br)cc1S(=O)(=O)Nc1ccc(C(=O)OCC(=O)NC2CCCCCC2)cc1. The first-order valence-corrected chi connectivity index (χ1v) is 13.6. The molecule has 1 aliphatic carbocycles. The van der Waals surface area contributed by atoms with Gasteiger partial charge in [0.15, 0.2) is 6.61 Å². The standard InChI is InChI=1S/C24H29BrN2O6S/c1-2-32-21-14-11-18(25)15-22(21)34(30,31)27-20-12-9-17(10-13-20)24(29)33-16-23(28)26-19-7-5-3-4-6-8-19/h9-15,19,27H,2-8,16H2,1H3,(H,26,28). The lowest BCUT2D eigenvalue weighted by Crippen LogP contribution is -2.37. The summed E-state index contributed by atoms with van der Waals surface area (Å²) >= 11 is 3.28. The summed E-state index contributed by atoms with van der Waals surface area (Å²) in [5, 5.41) is 2.93. The van der Waals surface area contributed by atoms with Crippen molar-refractivity contribution in [3.63, 3.8) is 0 Å². The number of sulfonamides is 1. The van der Waals surface area contributed by atoms with E-state index in [1.807, 2.05) is 0 Å². The van der Waals surface area contributed by atoms with Gasteiger partial charge >= 0.3 is 5.97 Å². The third kappa shape index (κ3) is 7.46. The molecule has 0 heterocycles. The first-order chi connectivity index (χ1) is 16.3. The van der Waals surface area contributed by atoms with Crippen LogP contribution in [0.25, 0.3) is 0 Å². The molecule has 0 radical (unpaired) electrons. The maximum atomic E-state index is 12.9. The van der Waals surface area contributed by atoms with Gasteiger partial charge in [-0.3, -0.25) is 9.52 Å². The first kappa shape index (κ1) is 26.0. The molecule has 8 nitrogen and oxygen atoms in total. The number of ether oxygens (including phenoxy) is 2. The van der Waals surface area contributed by atoms with Crippen molar-refractivity contribution in [2.75, 3.05) is 17.9 Å². The van der Waals surface area contributed by atoms with E-state index in [-0.39, 0.29) is 40.5 Å². The number of benzene rings is 2. The summed E-state index contributed by atoms with van der Waals surface area (Å²) in [4.78, 5) is 24.4. The Morgan fingerprint density at radius 1 is 1.03 bits per heavy atom. The molecule has 3 rings (SSSR count). The van der Waals surface area contributed by atoms with Gasteiger partial charge in [0.25, 0.3) is 15.9 Å². The Morgan fingerprint density at radius 2 is 1.71 bits per heavy atom. The smallest absolute Gasteiger partial charge is 0.338 e. The molecule has 0 aliphatic heterocycles. The Labute approximate surface area is 208 Å². The number of carbonyl (C=O) groups excluding carboxylic acids is 2. The summed E-state index contributed by atoms with van der Waals surface area (Å²) in [5.74, 6) is -0.736. The molecule has 1 amide bonds. The molecule has 2 aromatic carbocycles. The second-order valence-corrected chi connectivity index (χ2v) is 10.6. The second-order valence-electron chi connectivity index (χ2n) is 8.04. The van der Waals surface area contributed by atoms with Gasteiger partial charge in [-0.1, -0.05) is 41.6 Å². The van der Waals surface area contributed by atoms with Crippen molar-refractivity contribution in [3.8, 4) is 5.75 Å². The lowest BCUT2D eigenvalue weighted by Gasteiger charge is -2.16.